The molecule has 186 valence electrons. The summed E-state index contributed by atoms with van der Waals surface area (Å²) >= 11 is 9.77. The Kier molecular flexibility index (Phi) is 7.51. The van der Waals surface area contributed by atoms with Gasteiger partial charge in [0.05, 0.1) is 22.1 Å². The summed E-state index contributed by atoms with van der Waals surface area (Å²) < 4.78 is 34.4. The van der Waals surface area contributed by atoms with Crippen LogP contribution in [0.3, 0.4) is 0 Å². The summed E-state index contributed by atoms with van der Waals surface area (Å²) in [4.78, 5) is 26.8. The molecule has 0 aliphatic carbocycles. The zero-order valence-corrected chi connectivity index (χ0v) is 22.3. The molecule has 0 saturated heterocycles. The Bertz CT molecular complexity index is 1530. The van der Waals surface area contributed by atoms with E-state index in [0.717, 1.165) is 17.7 Å². The van der Waals surface area contributed by atoms with Crippen LogP contribution in [0.4, 0.5) is 8.78 Å². The standard InChI is InChI=1S/C26H22BrClF2N4O2/c1-13(2)25-32-10-14(3)24(33-25)20-9-21(18(28)11-31-20)34-15(4)7-22(23(27)26(34)35)36-12-16-5-6-17(29)8-19(16)30/h5-11,13H,12H2,1-4H3. The highest BCUT2D eigenvalue weighted by atomic mass is 79.9. The van der Waals surface area contributed by atoms with Crippen LogP contribution in [-0.2, 0) is 6.61 Å². The van der Waals surface area contributed by atoms with E-state index in [2.05, 4.69) is 30.9 Å². The van der Waals surface area contributed by atoms with Gasteiger partial charge in [0, 0.05) is 41.7 Å². The molecule has 3 heterocycles. The lowest BCUT2D eigenvalue weighted by Gasteiger charge is -2.17. The van der Waals surface area contributed by atoms with E-state index in [1.807, 2.05) is 20.8 Å². The average Bonchev–Trinajstić information content (AvgIpc) is 2.83. The summed E-state index contributed by atoms with van der Waals surface area (Å²) in [5.41, 5.74) is 2.72. The maximum absolute atomic E-state index is 14.0. The second-order valence-electron chi connectivity index (χ2n) is 8.56. The Morgan fingerprint density at radius 3 is 2.56 bits per heavy atom. The largest absolute Gasteiger partial charge is 0.487 e. The highest BCUT2D eigenvalue weighted by Gasteiger charge is 2.19. The normalized spacial score (nSPS) is 11.2. The van der Waals surface area contributed by atoms with Crippen molar-refractivity contribution in [2.75, 3.05) is 0 Å². The molecular formula is C26H22BrClF2N4O2. The van der Waals surface area contributed by atoms with E-state index in [0.29, 0.717) is 28.6 Å². The second kappa shape index (κ2) is 10.4. The van der Waals surface area contributed by atoms with E-state index in [4.69, 9.17) is 16.3 Å². The van der Waals surface area contributed by atoms with Crippen LogP contribution in [0.5, 0.6) is 5.75 Å². The van der Waals surface area contributed by atoms with Crippen LogP contribution < -0.4 is 10.3 Å². The zero-order chi connectivity index (χ0) is 26.1. The first-order valence-corrected chi connectivity index (χ1v) is 12.2. The zero-order valence-electron chi connectivity index (χ0n) is 19.9. The van der Waals surface area contributed by atoms with Gasteiger partial charge in [-0.25, -0.2) is 18.7 Å². The summed E-state index contributed by atoms with van der Waals surface area (Å²) in [6, 6.07) is 6.56. The predicted octanol–water partition coefficient (Wildman–Crippen LogP) is 6.70. The summed E-state index contributed by atoms with van der Waals surface area (Å²) in [5, 5.41) is 0.272. The lowest BCUT2D eigenvalue weighted by molar-refractivity contribution is 0.296. The molecule has 4 aromatic rings. The van der Waals surface area contributed by atoms with Crippen LogP contribution in [0.1, 0.15) is 42.4 Å². The van der Waals surface area contributed by atoms with Gasteiger partial charge in [-0.3, -0.25) is 14.3 Å². The lowest BCUT2D eigenvalue weighted by Crippen LogP contribution is -2.22. The molecule has 0 saturated carbocycles. The molecule has 0 amide bonds. The van der Waals surface area contributed by atoms with Gasteiger partial charge in [-0.15, -0.1) is 0 Å². The van der Waals surface area contributed by atoms with Crippen LogP contribution in [0.15, 0.2) is 52.0 Å². The Morgan fingerprint density at radius 2 is 1.86 bits per heavy atom. The van der Waals surface area contributed by atoms with Crippen LogP contribution in [0.25, 0.3) is 17.1 Å². The number of hydrogen-bond donors (Lipinski definition) is 0. The monoisotopic (exact) mass is 574 g/mol. The van der Waals surface area contributed by atoms with E-state index in [1.54, 1.807) is 25.3 Å². The minimum absolute atomic E-state index is 0.130. The fourth-order valence-electron chi connectivity index (χ4n) is 3.60. The minimum atomic E-state index is -0.729. The van der Waals surface area contributed by atoms with Crippen LogP contribution in [0, 0.1) is 25.5 Å². The van der Waals surface area contributed by atoms with Crippen molar-refractivity contribution in [2.45, 2.75) is 40.2 Å². The van der Waals surface area contributed by atoms with Crippen LogP contribution in [0.2, 0.25) is 5.02 Å². The van der Waals surface area contributed by atoms with Crippen molar-refractivity contribution in [3.63, 3.8) is 0 Å². The van der Waals surface area contributed by atoms with Gasteiger partial charge in [0.25, 0.3) is 5.56 Å². The molecule has 36 heavy (non-hydrogen) atoms. The third-order valence-electron chi connectivity index (χ3n) is 5.52. The molecule has 10 heteroatoms. The first-order valence-electron chi connectivity index (χ1n) is 11.1. The molecule has 0 aliphatic heterocycles. The fraction of sp³-hybridized carbons (Fsp3) is 0.231. The Labute approximate surface area is 220 Å². The number of benzene rings is 1. The van der Waals surface area contributed by atoms with Crippen molar-refractivity contribution in [1.82, 2.24) is 19.5 Å². The van der Waals surface area contributed by atoms with Crippen molar-refractivity contribution >= 4 is 27.5 Å². The predicted molar refractivity (Wildman–Crippen MR) is 138 cm³/mol. The average molecular weight is 576 g/mol. The molecule has 4 rings (SSSR count). The smallest absolute Gasteiger partial charge is 0.273 e. The molecule has 1 aromatic carbocycles. The maximum Gasteiger partial charge on any atom is 0.273 e. The number of nitrogens with zero attached hydrogens (tertiary/aromatic N) is 4. The molecular weight excluding hydrogens is 554 g/mol. The second-order valence-corrected chi connectivity index (χ2v) is 9.76. The van der Waals surface area contributed by atoms with Crippen LogP contribution >= 0.6 is 27.5 Å². The summed E-state index contributed by atoms with van der Waals surface area (Å²) in [6.45, 7) is 7.44. The molecule has 0 spiro atoms. The number of pyridine rings is 2. The molecule has 3 aromatic heterocycles. The molecule has 0 atom stereocenters. The van der Waals surface area contributed by atoms with Gasteiger partial charge < -0.3 is 4.74 Å². The highest BCUT2D eigenvalue weighted by Crippen LogP contribution is 2.30. The first-order chi connectivity index (χ1) is 17.1. The Balaban J connectivity index is 1.74. The van der Waals surface area contributed by atoms with E-state index in [-0.39, 0.29) is 33.3 Å². The Hall–Kier alpha value is -3.17. The number of halogens is 4. The molecule has 6 nitrogen and oxygen atoms in total. The van der Waals surface area contributed by atoms with Gasteiger partial charge in [-0.1, -0.05) is 25.4 Å². The van der Waals surface area contributed by atoms with Gasteiger partial charge in [-0.05, 0) is 53.5 Å². The number of rotatable bonds is 6. The maximum atomic E-state index is 14.0. The molecule has 0 unspecified atom stereocenters. The molecule has 0 fully saturated rings. The minimum Gasteiger partial charge on any atom is -0.487 e. The van der Waals surface area contributed by atoms with E-state index in [9.17, 15) is 13.6 Å². The summed E-state index contributed by atoms with van der Waals surface area (Å²) in [7, 11) is 0. The van der Waals surface area contributed by atoms with Crippen molar-refractivity contribution in [2.24, 2.45) is 0 Å². The van der Waals surface area contributed by atoms with E-state index in [1.165, 1.54) is 16.8 Å². The first kappa shape index (κ1) is 25.9. The van der Waals surface area contributed by atoms with Gasteiger partial charge >= 0.3 is 0 Å². The van der Waals surface area contributed by atoms with Crippen molar-refractivity contribution in [3.8, 4) is 22.8 Å². The highest BCUT2D eigenvalue weighted by molar-refractivity contribution is 9.10. The SMILES string of the molecule is Cc1cnc(C(C)C)nc1-c1cc(-n2c(C)cc(OCc3ccc(F)cc3F)c(Br)c2=O)c(Cl)cn1. The molecule has 0 bridgehead atoms. The number of aromatic nitrogens is 4. The third kappa shape index (κ3) is 5.17. The van der Waals surface area contributed by atoms with E-state index >= 15 is 0 Å². The summed E-state index contributed by atoms with van der Waals surface area (Å²) in [5.74, 6) is -0.372. The number of hydrogen-bond acceptors (Lipinski definition) is 5. The number of ether oxygens (including phenoxy) is 1. The van der Waals surface area contributed by atoms with E-state index < -0.39 is 17.2 Å². The molecule has 0 radical (unpaired) electrons. The van der Waals surface area contributed by atoms with Gasteiger partial charge in [0.2, 0.25) is 0 Å². The topological polar surface area (TPSA) is 69.9 Å². The lowest BCUT2D eigenvalue weighted by atomic mass is 10.1. The van der Waals surface area contributed by atoms with Crippen LogP contribution in [-0.4, -0.2) is 19.5 Å². The van der Waals surface area contributed by atoms with Gasteiger partial charge in [-0.2, -0.15) is 0 Å². The van der Waals surface area contributed by atoms with Crippen molar-refractivity contribution < 1.29 is 13.5 Å². The van der Waals surface area contributed by atoms with Gasteiger partial charge in [0.1, 0.15) is 34.3 Å². The van der Waals surface area contributed by atoms with Gasteiger partial charge in [0.15, 0.2) is 0 Å². The molecule has 0 N–H and O–H groups in total. The summed E-state index contributed by atoms with van der Waals surface area (Å²) in [6.07, 6.45) is 3.22. The number of aryl methyl sites for hydroxylation is 2. The quantitative estimate of drug-likeness (QED) is 0.256. The van der Waals surface area contributed by atoms with Crippen molar-refractivity contribution in [1.29, 1.82) is 0 Å². The molecule has 0 aliphatic rings. The third-order valence-corrected chi connectivity index (χ3v) is 6.54. The fourth-order valence-corrected chi connectivity index (χ4v) is 4.20. The Morgan fingerprint density at radius 1 is 1.11 bits per heavy atom. The van der Waals surface area contributed by atoms with Crippen molar-refractivity contribution in [3.05, 3.63) is 96.9 Å².